The predicted molar refractivity (Wildman–Crippen MR) is 145 cm³/mol. The van der Waals surface area contributed by atoms with Gasteiger partial charge in [-0.1, -0.05) is 29.8 Å². The number of carbonyl (C=O) groups is 1. The molecule has 0 bridgehead atoms. The zero-order valence-electron chi connectivity index (χ0n) is 21.0. The van der Waals surface area contributed by atoms with Crippen molar-refractivity contribution >= 4 is 23.2 Å². The number of hydrogen-bond acceptors (Lipinski definition) is 6. The highest BCUT2D eigenvalue weighted by molar-refractivity contribution is 6.30. The number of halogens is 1. The Labute approximate surface area is 221 Å². The molecule has 0 aliphatic carbocycles. The fourth-order valence-corrected chi connectivity index (χ4v) is 4.33. The lowest BCUT2D eigenvalue weighted by molar-refractivity contribution is -0.384. The molecule has 1 fully saturated rings. The molecule has 1 unspecified atom stereocenters. The van der Waals surface area contributed by atoms with E-state index in [0.29, 0.717) is 23.9 Å². The Hall–Kier alpha value is -3.46. The van der Waals surface area contributed by atoms with Crippen molar-refractivity contribution in [2.75, 3.05) is 33.2 Å². The molecule has 1 aliphatic rings. The number of non-ortho nitro benzene ring substituents is 1. The van der Waals surface area contributed by atoms with Crippen molar-refractivity contribution in [3.05, 3.63) is 93.0 Å². The number of benzene rings is 3. The van der Waals surface area contributed by atoms with Crippen LogP contribution in [0.4, 0.5) is 5.69 Å². The molecule has 0 aromatic heterocycles. The molecule has 194 valence electrons. The summed E-state index contributed by atoms with van der Waals surface area (Å²) in [6.45, 7) is 6.66. The van der Waals surface area contributed by atoms with Gasteiger partial charge in [-0.3, -0.25) is 19.8 Å². The van der Waals surface area contributed by atoms with Gasteiger partial charge in [0.1, 0.15) is 5.75 Å². The molecule has 3 aromatic rings. The number of nitrogens with zero attached hydrogens (tertiary/aromatic N) is 3. The first-order chi connectivity index (χ1) is 17.8. The van der Waals surface area contributed by atoms with Crippen LogP contribution in [0.15, 0.2) is 66.7 Å². The molecule has 1 aliphatic heterocycles. The molecule has 8 nitrogen and oxygen atoms in total. The SMILES string of the molecule is CC(Oc1ccc(-c2ccc([N+](=O)[O-])cc2)cc1CN1CCN(C)CC1)C(=O)NCc1ccc(Cl)cc1. The third-order valence-electron chi connectivity index (χ3n) is 6.51. The van der Waals surface area contributed by atoms with Crippen LogP contribution in [0.1, 0.15) is 18.1 Å². The maximum absolute atomic E-state index is 12.8. The van der Waals surface area contributed by atoms with Gasteiger partial charge < -0.3 is 15.0 Å². The number of nitro groups is 1. The fraction of sp³-hybridized carbons (Fsp3) is 0.321. The zero-order chi connectivity index (χ0) is 26.4. The van der Waals surface area contributed by atoms with Gasteiger partial charge in [-0.2, -0.15) is 0 Å². The number of nitro benzene ring substituents is 1. The predicted octanol–water partition coefficient (Wildman–Crippen LogP) is 4.75. The maximum atomic E-state index is 12.8. The maximum Gasteiger partial charge on any atom is 0.269 e. The fourth-order valence-electron chi connectivity index (χ4n) is 4.20. The largest absolute Gasteiger partial charge is 0.481 e. The minimum absolute atomic E-state index is 0.0554. The van der Waals surface area contributed by atoms with E-state index in [0.717, 1.165) is 48.4 Å². The van der Waals surface area contributed by atoms with Crippen LogP contribution in [-0.4, -0.2) is 60.0 Å². The summed E-state index contributed by atoms with van der Waals surface area (Å²) in [5, 5.41) is 14.6. The third-order valence-corrected chi connectivity index (χ3v) is 6.77. The van der Waals surface area contributed by atoms with Gasteiger partial charge in [0.2, 0.25) is 0 Å². The highest BCUT2D eigenvalue weighted by Crippen LogP contribution is 2.30. The molecule has 1 N–H and O–H groups in total. The van der Waals surface area contributed by atoms with E-state index in [4.69, 9.17) is 16.3 Å². The van der Waals surface area contributed by atoms with Crippen molar-refractivity contribution in [1.29, 1.82) is 0 Å². The van der Waals surface area contributed by atoms with E-state index in [9.17, 15) is 14.9 Å². The summed E-state index contributed by atoms with van der Waals surface area (Å²) >= 11 is 5.94. The molecule has 9 heteroatoms. The summed E-state index contributed by atoms with van der Waals surface area (Å²) in [6, 6.07) is 19.7. The lowest BCUT2D eigenvalue weighted by atomic mass is 10.0. The van der Waals surface area contributed by atoms with Crippen molar-refractivity contribution in [3.63, 3.8) is 0 Å². The Kier molecular flexibility index (Phi) is 8.76. The summed E-state index contributed by atoms with van der Waals surface area (Å²) in [4.78, 5) is 28.1. The van der Waals surface area contributed by atoms with Crippen molar-refractivity contribution < 1.29 is 14.5 Å². The average molecular weight is 523 g/mol. The van der Waals surface area contributed by atoms with Crippen LogP contribution >= 0.6 is 11.6 Å². The van der Waals surface area contributed by atoms with E-state index in [1.807, 2.05) is 30.3 Å². The van der Waals surface area contributed by atoms with E-state index in [1.165, 1.54) is 12.1 Å². The third kappa shape index (κ3) is 7.29. The van der Waals surface area contributed by atoms with Crippen LogP contribution in [-0.2, 0) is 17.9 Å². The lowest BCUT2D eigenvalue weighted by Gasteiger charge is -2.33. The number of nitrogens with one attached hydrogen (secondary N) is 1. The second-order valence-electron chi connectivity index (χ2n) is 9.31. The average Bonchev–Trinajstić information content (AvgIpc) is 2.90. The molecule has 0 saturated carbocycles. The molecule has 0 radical (unpaired) electrons. The summed E-state index contributed by atoms with van der Waals surface area (Å²) in [5.74, 6) is 0.443. The summed E-state index contributed by atoms with van der Waals surface area (Å²) in [6.07, 6.45) is -0.691. The molecule has 3 aromatic carbocycles. The number of likely N-dealkylation sites (N-methyl/N-ethyl adjacent to an activating group) is 1. The second kappa shape index (κ2) is 12.2. The van der Waals surface area contributed by atoms with Gasteiger partial charge in [0.25, 0.3) is 11.6 Å². The van der Waals surface area contributed by atoms with Crippen molar-refractivity contribution in [2.24, 2.45) is 0 Å². The van der Waals surface area contributed by atoms with E-state index in [2.05, 4.69) is 22.2 Å². The number of carbonyl (C=O) groups excluding carboxylic acids is 1. The van der Waals surface area contributed by atoms with Gasteiger partial charge in [-0.05, 0) is 67.1 Å². The Morgan fingerprint density at radius 3 is 2.32 bits per heavy atom. The Morgan fingerprint density at radius 1 is 1.03 bits per heavy atom. The smallest absolute Gasteiger partial charge is 0.269 e. The molecule has 1 heterocycles. The minimum Gasteiger partial charge on any atom is -0.481 e. The molecule has 0 spiro atoms. The quantitative estimate of drug-likeness (QED) is 0.322. The highest BCUT2D eigenvalue weighted by Gasteiger charge is 2.20. The van der Waals surface area contributed by atoms with Crippen LogP contribution in [0.3, 0.4) is 0 Å². The molecule has 1 atom stereocenters. The first-order valence-electron chi connectivity index (χ1n) is 12.3. The van der Waals surface area contributed by atoms with E-state index < -0.39 is 11.0 Å². The van der Waals surface area contributed by atoms with Crippen LogP contribution in [0.25, 0.3) is 11.1 Å². The van der Waals surface area contributed by atoms with Crippen molar-refractivity contribution in [3.8, 4) is 16.9 Å². The van der Waals surface area contributed by atoms with Crippen molar-refractivity contribution in [1.82, 2.24) is 15.1 Å². The van der Waals surface area contributed by atoms with Gasteiger partial charge in [-0.25, -0.2) is 0 Å². The van der Waals surface area contributed by atoms with Gasteiger partial charge in [0.05, 0.1) is 4.92 Å². The lowest BCUT2D eigenvalue weighted by Crippen LogP contribution is -2.44. The summed E-state index contributed by atoms with van der Waals surface area (Å²) in [7, 11) is 2.12. The normalized spacial score (nSPS) is 15.2. The first-order valence-corrected chi connectivity index (χ1v) is 12.6. The van der Waals surface area contributed by atoms with Crippen LogP contribution in [0, 0.1) is 10.1 Å². The zero-order valence-corrected chi connectivity index (χ0v) is 21.8. The number of rotatable bonds is 9. The van der Waals surface area contributed by atoms with Crippen LogP contribution in [0.5, 0.6) is 5.75 Å². The van der Waals surface area contributed by atoms with E-state index in [1.54, 1.807) is 31.2 Å². The summed E-state index contributed by atoms with van der Waals surface area (Å²) < 4.78 is 6.16. The van der Waals surface area contributed by atoms with Crippen LogP contribution in [0.2, 0.25) is 5.02 Å². The standard InChI is InChI=1S/C28H31ClN4O4/c1-20(28(34)30-18-21-3-8-25(29)9-4-21)37-27-12-7-23(22-5-10-26(11-6-22)33(35)36)17-24(27)19-32-15-13-31(2)14-16-32/h3-12,17,20H,13-16,18-19H2,1-2H3,(H,30,34). The van der Waals surface area contributed by atoms with Gasteiger partial charge in [-0.15, -0.1) is 0 Å². The van der Waals surface area contributed by atoms with Crippen LogP contribution < -0.4 is 10.1 Å². The number of ether oxygens (including phenoxy) is 1. The Morgan fingerprint density at radius 2 is 1.68 bits per heavy atom. The number of piperazine rings is 1. The molecule has 1 amide bonds. The topological polar surface area (TPSA) is 88.0 Å². The molecule has 1 saturated heterocycles. The first kappa shape index (κ1) is 26.6. The van der Waals surface area contributed by atoms with Gasteiger partial charge in [0.15, 0.2) is 6.10 Å². The van der Waals surface area contributed by atoms with Gasteiger partial charge >= 0.3 is 0 Å². The molecule has 37 heavy (non-hydrogen) atoms. The van der Waals surface area contributed by atoms with Crippen molar-refractivity contribution in [2.45, 2.75) is 26.1 Å². The Bertz CT molecular complexity index is 1230. The monoisotopic (exact) mass is 522 g/mol. The number of amides is 1. The molecular formula is C28H31ClN4O4. The molecular weight excluding hydrogens is 492 g/mol. The Balaban J connectivity index is 1.50. The highest BCUT2D eigenvalue weighted by atomic mass is 35.5. The molecule has 4 rings (SSSR count). The second-order valence-corrected chi connectivity index (χ2v) is 9.75. The number of hydrogen-bond donors (Lipinski definition) is 1. The summed E-state index contributed by atoms with van der Waals surface area (Å²) in [5.41, 5.74) is 3.79. The van der Waals surface area contributed by atoms with E-state index in [-0.39, 0.29) is 11.6 Å². The van der Waals surface area contributed by atoms with E-state index >= 15 is 0 Å². The van der Waals surface area contributed by atoms with Gasteiger partial charge in [0, 0.05) is 62.0 Å². The minimum atomic E-state index is -0.691.